The van der Waals surface area contributed by atoms with E-state index in [0.717, 1.165) is 47.6 Å². The quantitative estimate of drug-likeness (QED) is 0.672. The molecule has 124 valence electrons. The number of hydrogen-bond acceptors (Lipinski definition) is 4. The van der Waals surface area contributed by atoms with E-state index in [1.165, 1.54) is 0 Å². The van der Waals surface area contributed by atoms with Crippen LogP contribution in [0.25, 0.3) is 5.52 Å². The summed E-state index contributed by atoms with van der Waals surface area (Å²) in [6, 6.07) is 3.93. The summed E-state index contributed by atoms with van der Waals surface area (Å²) in [6.07, 6.45) is 6.01. The summed E-state index contributed by atoms with van der Waals surface area (Å²) in [5.41, 5.74) is 10.3. The monoisotopic (exact) mass is 324 g/mol. The Kier molecular flexibility index (Phi) is 3.57. The minimum absolute atomic E-state index is 0.0936. The fraction of sp³-hybridized carbons (Fsp3) is 0.353. The third-order valence-electron chi connectivity index (χ3n) is 4.56. The number of aromatic amines is 1. The number of aryl methyl sites for hydroxylation is 2. The number of nitrogens with zero attached hydrogens (tertiary/aromatic N) is 3. The third-order valence-corrected chi connectivity index (χ3v) is 4.56. The van der Waals surface area contributed by atoms with Crippen LogP contribution >= 0.6 is 0 Å². The summed E-state index contributed by atoms with van der Waals surface area (Å²) in [4.78, 5) is 20.5. The minimum Gasteiger partial charge on any atom is -0.349 e. The number of amides is 1. The normalized spacial score (nSPS) is 17.0. The molecule has 3 heterocycles. The zero-order valence-electron chi connectivity index (χ0n) is 13.5. The van der Waals surface area contributed by atoms with Crippen LogP contribution in [0, 0.1) is 6.92 Å². The van der Waals surface area contributed by atoms with Crippen LogP contribution in [0.5, 0.6) is 0 Å². The Morgan fingerprint density at radius 2 is 2.42 bits per heavy atom. The lowest BCUT2D eigenvalue weighted by Crippen LogP contribution is -2.38. The van der Waals surface area contributed by atoms with Gasteiger partial charge in [0, 0.05) is 30.9 Å². The number of aromatic nitrogens is 4. The van der Waals surface area contributed by atoms with Gasteiger partial charge in [-0.3, -0.25) is 4.79 Å². The molecular formula is C17H20N6O. The zero-order chi connectivity index (χ0) is 16.7. The molecule has 7 nitrogen and oxygen atoms in total. The van der Waals surface area contributed by atoms with Crippen molar-refractivity contribution < 1.29 is 4.79 Å². The van der Waals surface area contributed by atoms with Gasteiger partial charge < -0.3 is 16.0 Å². The predicted molar refractivity (Wildman–Crippen MR) is 89.7 cm³/mol. The van der Waals surface area contributed by atoms with Gasteiger partial charge in [0.15, 0.2) is 0 Å². The molecule has 0 saturated carbocycles. The van der Waals surface area contributed by atoms with Crippen molar-refractivity contribution in [3.63, 3.8) is 0 Å². The van der Waals surface area contributed by atoms with Crippen LogP contribution in [0.1, 0.15) is 39.6 Å². The number of pyridine rings is 1. The molecule has 0 saturated heterocycles. The number of fused-ring (bicyclic) bond motifs is 2. The Bertz CT molecular complexity index is 909. The number of carbonyl (C=O) groups is 1. The van der Waals surface area contributed by atoms with E-state index in [-0.39, 0.29) is 11.9 Å². The number of hydrogen-bond donors (Lipinski definition) is 3. The van der Waals surface area contributed by atoms with Crippen molar-refractivity contribution in [2.45, 2.75) is 38.8 Å². The highest BCUT2D eigenvalue weighted by Crippen LogP contribution is 2.20. The molecule has 1 aliphatic rings. The molecule has 1 atom stereocenters. The van der Waals surface area contributed by atoms with Gasteiger partial charge in [-0.2, -0.15) is 5.10 Å². The lowest BCUT2D eigenvalue weighted by atomic mass is 9.96. The molecule has 4 N–H and O–H groups in total. The molecule has 3 aromatic rings. The van der Waals surface area contributed by atoms with Crippen molar-refractivity contribution in [1.82, 2.24) is 24.9 Å². The Hall–Kier alpha value is -2.67. The fourth-order valence-corrected chi connectivity index (χ4v) is 3.34. The second-order valence-corrected chi connectivity index (χ2v) is 6.29. The Balaban J connectivity index is 1.54. The van der Waals surface area contributed by atoms with Crippen LogP contribution in [-0.4, -0.2) is 31.5 Å². The number of imidazole rings is 1. The molecule has 0 bridgehead atoms. The number of nitrogens with one attached hydrogen (secondary N) is 2. The molecule has 1 unspecified atom stereocenters. The first kappa shape index (κ1) is 14.9. The van der Waals surface area contributed by atoms with Crippen LogP contribution in [0.3, 0.4) is 0 Å². The molecule has 0 fully saturated rings. The van der Waals surface area contributed by atoms with Gasteiger partial charge in [0.05, 0.1) is 23.0 Å². The smallest absolute Gasteiger partial charge is 0.255 e. The van der Waals surface area contributed by atoms with Gasteiger partial charge in [-0.15, -0.1) is 0 Å². The van der Waals surface area contributed by atoms with E-state index in [4.69, 9.17) is 5.73 Å². The average molecular weight is 324 g/mol. The summed E-state index contributed by atoms with van der Waals surface area (Å²) in [7, 11) is 0. The van der Waals surface area contributed by atoms with E-state index in [1.807, 2.05) is 25.3 Å². The largest absolute Gasteiger partial charge is 0.349 e. The van der Waals surface area contributed by atoms with Crippen LogP contribution in [-0.2, 0) is 19.4 Å². The van der Waals surface area contributed by atoms with E-state index >= 15 is 0 Å². The van der Waals surface area contributed by atoms with Crippen molar-refractivity contribution in [1.29, 1.82) is 0 Å². The summed E-state index contributed by atoms with van der Waals surface area (Å²) < 4.78 is 1.70. The van der Waals surface area contributed by atoms with Gasteiger partial charge in [-0.05, 0) is 37.5 Å². The highest BCUT2D eigenvalue weighted by atomic mass is 16.1. The van der Waals surface area contributed by atoms with Crippen LogP contribution < -0.4 is 11.1 Å². The standard InChI is InChI=1S/C17H20N6O/c1-10-20-14-3-2-12(7-15(14)21-10)22-17(24)13-9-19-23-5-4-11(8-18)6-16(13)23/h4-6,9,12H,2-3,7-8,18H2,1H3,(H,20,21)(H,22,24). The lowest BCUT2D eigenvalue weighted by Gasteiger charge is -2.22. The Morgan fingerprint density at radius 1 is 1.54 bits per heavy atom. The van der Waals surface area contributed by atoms with Crippen molar-refractivity contribution in [3.8, 4) is 0 Å². The van der Waals surface area contributed by atoms with Crippen molar-refractivity contribution in [2.24, 2.45) is 5.73 Å². The van der Waals surface area contributed by atoms with Crippen molar-refractivity contribution >= 4 is 11.4 Å². The second-order valence-electron chi connectivity index (χ2n) is 6.29. The molecule has 0 radical (unpaired) electrons. The summed E-state index contributed by atoms with van der Waals surface area (Å²) in [5.74, 6) is 0.841. The second kappa shape index (κ2) is 5.76. The zero-order valence-corrected chi connectivity index (χ0v) is 13.5. The molecule has 3 aromatic heterocycles. The summed E-state index contributed by atoms with van der Waals surface area (Å²) in [5, 5.41) is 7.38. The number of H-pyrrole nitrogens is 1. The molecule has 0 spiro atoms. The number of rotatable bonds is 3. The molecule has 24 heavy (non-hydrogen) atoms. The van der Waals surface area contributed by atoms with E-state index in [9.17, 15) is 4.79 Å². The van der Waals surface area contributed by atoms with Gasteiger partial charge in [-0.25, -0.2) is 9.50 Å². The van der Waals surface area contributed by atoms with Crippen LogP contribution in [0.4, 0.5) is 0 Å². The van der Waals surface area contributed by atoms with Gasteiger partial charge in [0.2, 0.25) is 0 Å². The Morgan fingerprint density at radius 3 is 3.25 bits per heavy atom. The van der Waals surface area contributed by atoms with Gasteiger partial charge in [0.25, 0.3) is 5.91 Å². The average Bonchev–Trinajstić information content (AvgIpc) is 3.15. The highest BCUT2D eigenvalue weighted by Gasteiger charge is 2.24. The van der Waals surface area contributed by atoms with Crippen molar-refractivity contribution in [2.75, 3.05) is 0 Å². The first-order chi connectivity index (χ1) is 11.6. The maximum Gasteiger partial charge on any atom is 0.255 e. The maximum absolute atomic E-state index is 12.7. The molecule has 1 aliphatic carbocycles. The van der Waals surface area contributed by atoms with E-state index < -0.39 is 0 Å². The first-order valence-electron chi connectivity index (χ1n) is 8.15. The first-order valence-corrected chi connectivity index (χ1v) is 8.15. The van der Waals surface area contributed by atoms with E-state index in [0.29, 0.717) is 12.1 Å². The molecule has 7 heteroatoms. The summed E-state index contributed by atoms with van der Waals surface area (Å²) in [6.45, 7) is 2.40. The lowest BCUT2D eigenvalue weighted by molar-refractivity contribution is 0.0935. The molecule has 0 aromatic carbocycles. The third kappa shape index (κ3) is 2.56. The Labute approximate surface area is 139 Å². The SMILES string of the molecule is Cc1nc2c([nH]1)CC(NC(=O)c1cnn3ccc(CN)cc13)CC2. The number of carbonyl (C=O) groups excluding carboxylic acids is 1. The van der Waals surface area contributed by atoms with E-state index in [1.54, 1.807) is 10.7 Å². The maximum atomic E-state index is 12.7. The highest BCUT2D eigenvalue weighted by molar-refractivity contribution is 6.00. The van der Waals surface area contributed by atoms with E-state index in [2.05, 4.69) is 20.4 Å². The topological polar surface area (TPSA) is 101 Å². The molecule has 0 aliphatic heterocycles. The fourth-order valence-electron chi connectivity index (χ4n) is 3.34. The van der Waals surface area contributed by atoms with Crippen molar-refractivity contribution in [3.05, 3.63) is 52.9 Å². The molecule has 4 rings (SSSR count). The predicted octanol–water partition coefficient (Wildman–Crippen LogP) is 1.11. The molecule has 1 amide bonds. The number of nitrogens with two attached hydrogens (primary N) is 1. The van der Waals surface area contributed by atoms with Crippen LogP contribution in [0.2, 0.25) is 0 Å². The van der Waals surface area contributed by atoms with Crippen LogP contribution in [0.15, 0.2) is 24.5 Å². The summed E-state index contributed by atoms with van der Waals surface area (Å²) >= 11 is 0. The van der Waals surface area contributed by atoms with Gasteiger partial charge in [-0.1, -0.05) is 0 Å². The van der Waals surface area contributed by atoms with Gasteiger partial charge in [0.1, 0.15) is 5.82 Å². The minimum atomic E-state index is -0.0936. The van der Waals surface area contributed by atoms with Gasteiger partial charge >= 0.3 is 0 Å². The molecular weight excluding hydrogens is 304 g/mol.